The Balaban J connectivity index is 2.92. The zero-order chi connectivity index (χ0) is 11.5. The second kappa shape index (κ2) is 4.61. The van der Waals surface area contributed by atoms with E-state index in [1.54, 1.807) is 18.2 Å². The van der Waals surface area contributed by atoms with Crippen LogP contribution in [0.5, 0.6) is 0 Å². The number of carbonyl (C=O) groups excluding carboxylic acids is 1. The van der Waals surface area contributed by atoms with Crippen molar-refractivity contribution in [2.75, 3.05) is 0 Å². The van der Waals surface area contributed by atoms with Gasteiger partial charge in [0.25, 0.3) is 0 Å². The van der Waals surface area contributed by atoms with E-state index >= 15 is 0 Å². The number of ketones is 1. The summed E-state index contributed by atoms with van der Waals surface area (Å²) >= 11 is 2.61. The minimum Gasteiger partial charge on any atom is -0.288 e. The van der Waals surface area contributed by atoms with Crippen LogP contribution in [0, 0.1) is 0 Å². The van der Waals surface area contributed by atoms with E-state index in [0.717, 1.165) is 0 Å². The fourth-order valence-corrected chi connectivity index (χ4v) is 1.43. The summed E-state index contributed by atoms with van der Waals surface area (Å²) in [6.45, 7) is 0. The third-order valence-corrected chi connectivity index (χ3v) is 2.13. The van der Waals surface area contributed by atoms with E-state index in [9.17, 15) is 18.0 Å². The van der Waals surface area contributed by atoms with Crippen LogP contribution in [0.2, 0.25) is 0 Å². The predicted molar refractivity (Wildman–Crippen MR) is 53.8 cm³/mol. The van der Waals surface area contributed by atoms with Gasteiger partial charge in [-0.3, -0.25) is 4.79 Å². The first-order valence-electron chi connectivity index (χ1n) is 3.95. The lowest BCUT2D eigenvalue weighted by Crippen LogP contribution is -2.06. The minimum absolute atomic E-state index is 0.0671. The molecule has 0 spiro atoms. The molecule has 1 aromatic carbocycles. The first kappa shape index (κ1) is 12.0. The quantitative estimate of drug-likeness (QED) is 0.595. The van der Waals surface area contributed by atoms with Gasteiger partial charge in [0, 0.05) is 11.6 Å². The highest BCUT2D eigenvalue weighted by Crippen LogP contribution is 2.23. The largest absolute Gasteiger partial charge is 0.410 e. The molecular formula is C10H6BrF3O. The van der Waals surface area contributed by atoms with E-state index in [4.69, 9.17) is 0 Å². The van der Waals surface area contributed by atoms with Gasteiger partial charge >= 0.3 is 6.18 Å². The number of halogens is 4. The SMILES string of the molecule is O=C(C(Br)=CC(F)(F)F)c1ccccc1. The highest BCUT2D eigenvalue weighted by Gasteiger charge is 2.26. The number of hydrogen-bond acceptors (Lipinski definition) is 1. The molecule has 0 radical (unpaired) electrons. The summed E-state index contributed by atoms with van der Waals surface area (Å²) in [5, 5.41) is 0. The Bertz CT molecular complexity index is 381. The van der Waals surface area contributed by atoms with Crippen molar-refractivity contribution in [2.45, 2.75) is 6.18 Å². The van der Waals surface area contributed by atoms with Gasteiger partial charge in [-0.15, -0.1) is 0 Å². The number of hydrogen-bond donors (Lipinski definition) is 0. The Morgan fingerprint density at radius 3 is 2.20 bits per heavy atom. The molecule has 0 aliphatic rings. The number of Topliss-reactive ketones (excluding diaryl/α,β-unsaturated/α-hetero) is 1. The molecule has 0 heterocycles. The molecule has 0 atom stereocenters. The summed E-state index contributed by atoms with van der Waals surface area (Å²) in [5.41, 5.74) is 0.213. The van der Waals surface area contributed by atoms with E-state index < -0.39 is 16.4 Å². The fourth-order valence-electron chi connectivity index (χ4n) is 0.937. The van der Waals surface area contributed by atoms with Gasteiger partial charge in [-0.2, -0.15) is 13.2 Å². The Hall–Kier alpha value is -1.10. The van der Waals surface area contributed by atoms with Crippen molar-refractivity contribution in [3.63, 3.8) is 0 Å². The van der Waals surface area contributed by atoms with Gasteiger partial charge in [-0.05, 0) is 15.9 Å². The van der Waals surface area contributed by atoms with Crippen molar-refractivity contribution < 1.29 is 18.0 Å². The number of benzene rings is 1. The summed E-state index contributed by atoms with van der Waals surface area (Å²) in [5.74, 6) is -0.687. The van der Waals surface area contributed by atoms with Crippen LogP contribution in [-0.4, -0.2) is 12.0 Å². The molecule has 0 N–H and O–H groups in total. The lowest BCUT2D eigenvalue weighted by molar-refractivity contribution is -0.0800. The third kappa shape index (κ3) is 3.87. The molecule has 0 amide bonds. The summed E-state index contributed by atoms with van der Waals surface area (Å²) in [4.78, 5) is 11.4. The summed E-state index contributed by atoms with van der Waals surface area (Å²) < 4.78 is 35.3. The summed E-state index contributed by atoms with van der Waals surface area (Å²) in [7, 11) is 0. The van der Waals surface area contributed by atoms with E-state index in [0.29, 0.717) is 0 Å². The van der Waals surface area contributed by atoms with Crippen molar-refractivity contribution in [2.24, 2.45) is 0 Å². The van der Waals surface area contributed by atoms with Gasteiger partial charge in [0.05, 0.1) is 4.48 Å². The maximum Gasteiger partial charge on any atom is 0.410 e. The first-order valence-corrected chi connectivity index (χ1v) is 4.74. The van der Waals surface area contributed by atoms with Gasteiger partial charge in [-0.25, -0.2) is 0 Å². The monoisotopic (exact) mass is 278 g/mol. The van der Waals surface area contributed by atoms with Gasteiger partial charge < -0.3 is 0 Å². The van der Waals surface area contributed by atoms with Crippen LogP contribution in [-0.2, 0) is 0 Å². The van der Waals surface area contributed by atoms with Crippen molar-refractivity contribution in [3.05, 3.63) is 46.5 Å². The minimum atomic E-state index is -4.50. The fraction of sp³-hybridized carbons (Fsp3) is 0.100. The highest BCUT2D eigenvalue weighted by molar-refractivity contribution is 9.12. The van der Waals surface area contributed by atoms with Crippen molar-refractivity contribution in [1.29, 1.82) is 0 Å². The second-order valence-electron chi connectivity index (χ2n) is 2.73. The zero-order valence-electron chi connectivity index (χ0n) is 7.38. The number of rotatable bonds is 2. The maximum absolute atomic E-state index is 11.9. The van der Waals surface area contributed by atoms with Crippen molar-refractivity contribution >= 4 is 21.7 Å². The van der Waals surface area contributed by atoms with E-state index in [1.165, 1.54) is 12.1 Å². The molecule has 0 saturated carbocycles. The molecule has 0 saturated heterocycles. The van der Waals surface area contributed by atoms with Crippen LogP contribution >= 0.6 is 15.9 Å². The van der Waals surface area contributed by atoms with Gasteiger partial charge in [0.1, 0.15) is 0 Å². The lowest BCUT2D eigenvalue weighted by atomic mass is 10.1. The zero-order valence-corrected chi connectivity index (χ0v) is 8.97. The molecule has 1 rings (SSSR count). The predicted octanol–water partition coefficient (Wildman–Crippen LogP) is 3.71. The molecule has 1 nitrogen and oxygen atoms in total. The van der Waals surface area contributed by atoms with Gasteiger partial charge in [-0.1, -0.05) is 30.3 Å². The van der Waals surface area contributed by atoms with Gasteiger partial charge in [0.15, 0.2) is 5.78 Å². The Kier molecular flexibility index (Phi) is 3.68. The van der Waals surface area contributed by atoms with E-state index in [1.807, 2.05) is 0 Å². The topological polar surface area (TPSA) is 17.1 Å². The molecule has 15 heavy (non-hydrogen) atoms. The second-order valence-corrected chi connectivity index (χ2v) is 3.58. The molecule has 0 aromatic heterocycles. The molecule has 0 unspecified atom stereocenters. The smallest absolute Gasteiger partial charge is 0.288 e. The summed E-state index contributed by atoms with van der Waals surface area (Å²) in [6, 6.07) is 7.75. The van der Waals surface area contributed by atoms with Crippen LogP contribution in [0.4, 0.5) is 13.2 Å². The Morgan fingerprint density at radius 2 is 1.73 bits per heavy atom. The maximum atomic E-state index is 11.9. The molecule has 0 bridgehead atoms. The molecule has 5 heteroatoms. The molecule has 80 valence electrons. The normalized spacial score (nSPS) is 12.7. The molecule has 0 aliphatic carbocycles. The molecule has 0 aliphatic heterocycles. The van der Waals surface area contributed by atoms with Gasteiger partial charge in [0.2, 0.25) is 0 Å². The van der Waals surface area contributed by atoms with E-state index in [-0.39, 0.29) is 11.6 Å². The molecule has 1 aromatic rings. The van der Waals surface area contributed by atoms with Crippen LogP contribution in [0.3, 0.4) is 0 Å². The lowest BCUT2D eigenvalue weighted by Gasteiger charge is -2.02. The van der Waals surface area contributed by atoms with Crippen LogP contribution in [0.15, 0.2) is 40.9 Å². The molecule has 0 fully saturated rings. The van der Waals surface area contributed by atoms with Crippen molar-refractivity contribution in [3.8, 4) is 0 Å². The number of allylic oxidation sites excluding steroid dienone is 2. The highest BCUT2D eigenvalue weighted by atomic mass is 79.9. The Labute approximate surface area is 92.7 Å². The van der Waals surface area contributed by atoms with Crippen LogP contribution in [0.25, 0.3) is 0 Å². The number of carbonyl (C=O) groups is 1. The average Bonchev–Trinajstić information content (AvgIpc) is 2.15. The van der Waals surface area contributed by atoms with E-state index in [2.05, 4.69) is 15.9 Å². The van der Waals surface area contributed by atoms with Crippen molar-refractivity contribution in [1.82, 2.24) is 0 Å². The van der Waals surface area contributed by atoms with Crippen LogP contribution < -0.4 is 0 Å². The average molecular weight is 279 g/mol. The van der Waals surface area contributed by atoms with Crippen LogP contribution in [0.1, 0.15) is 10.4 Å². The standard InChI is InChI=1S/C10H6BrF3O/c11-8(6-10(12,13)14)9(15)7-4-2-1-3-5-7/h1-6H. The summed E-state index contributed by atoms with van der Waals surface area (Å²) in [6.07, 6.45) is -4.56. The Morgan fingerprint density at radius 1 is 1.20 bits per heavy atom. The molecular weight excluding hydrogens is 273 g/mol. The number of alkyl halides is 3. The first-order chi connectivity index (χ1) is 6.90. The third-order valence-electron chi connectivity index (χ3n) is 1.54.